The van der Waals surface area contributed by atoms with Crippen molar-refractivity contribution in [2.45, 2.75) is 13.3 Å². The Balaban J connectivity index is 1.95. The topological polar surface area (TPSA) is 60.7 Å². The molecule has 0 bridgehead atoms. The Kier molecular flexibility index (Phi) is 4.87. The molecule has 1 heterocycles. The second kappa shape index (κ2) is 6.83. The molecule has 1 aromatic heterocycles. The van der Waals surface area contributed by atoms with Gasteiger partial charge < -0.3 is 19.2 Å². The molecule has 112 valence electrons. The molecule has 1 N–H and O–H groups in total. The maximum Gasteiger partial charge on any atom is 0.287 e. The zero-order chi connectivity index (χ0) is 15.2. The van der Waals surface area contributed by atoms with E-state index in [4.69, 9.17) is 13.9 Å². The van der Waals surface area contributed by atoms with Crippen LogP contribution >= 0.6 is 0 Å². The smallest absolute Gasteiger partial charge is 0.287 e. The molecule has 0 saturated heterocycles. The lowest BCUT2D eigenvalue weighted by molar-refractivity contribution is 0.0925. The standard InChI is InChI=1S/C16H19NO4/c1-11-4-6-15(21-11)16(18)17-9-8-12-10-13(19-2)5-7-14(12)20-3/h4-7,10H,8-9H2,1-3H3,(H,17,18). The maximum atomic E-state index is 11.9. The van der Waals surface area contributed by atoms with E-state index < -0.39 is 0 Å². The van der Waals surface area contributed by atoms with Gasteiger partial charge >= 0.3 is 0 Å². The average Bonchev–Trinajstić information content (AvgIpc) is 2.93. The molecule has 0 spiro atoms. The molecule has 0 aliphatic carbocycles. The molecular weight excluding hydrogens is 270 g/mol. The number of carbonyl (C=O) groups is 1. The Labute approximate surface area is 123 Å². The van der Waals surface area contributed by atoms with Crippen LogP contribution in [-0.4, -0.2) is 26.7 Å². The summed E-state index contributed by atoms with van der Waals surface area (Å²) < 4.78 is 15.8. The second-order valence-electron chi connectivity index (χ2n) is 4.59. The molecule has 0 aliphatic heterocycles. The highest BCUT2D eigenvalue weighted by Crippen LogP contribution is 2.24. The van der Waals surface area contributed by atoms with Crippen LogP contribution < -0.4 is 14.8 Å². The van der Waals surface area contributed by atoms with E-state index in [-0.39, 0.29) is 5.91 Å². The molecule has 21 heavy (non-hydrogen) atoms. The largest absolute Gasteiger partial charge is 0.497 e. The quantitative estimate of drug-likeness (QED) is 0.888. The number of benzene rings is 1. The van der Waals surface area contributed by atoms with Gasteiger partial charge in [0.1, 0.15) is 17.3 Å². The number of hydrogen-bond acceptors (Lipinski definition) is 4. The minimum Gasteiger partial charge on any atom is -0.497 e. The summed E-state index contributed by atoms with van der Waals surface area (Å²) in [7, 11) is 3.24. The van der Waals surface area contributed by atoms with Gasteiger partial charge in [-0.25, -0.2) is 0 Å². The van der Waals surface area contributed by atoms with E-state index in [9.17, 15) is 4.79 Å². The predicted molar refractivity (Wildman–Crippen MR) is 79.0 cm³/mol. The summed E-state index contributed by atoms with van der Waals surface area (Å²) >= 11 is 0. The lowest BCUT2D eigenvalue weighted by Gasteiger charge is -2.10. The van der Waals surface area contributed by atoms with Crippen LogP contribution in [0.2, 0.25) is 0 Å². The lowest BCUT2D eigenvalue weighted by atomic mass is 10.1. The first-order valence-electron chi connectivity index (χ1n) is 6.69. The molecule has 1 amide bonds. The third-order valence-electron chi connectivity index (χ3n) is 3.13. The van der Waals surface area contributed by atoms with Crippen molar-refractivity contribution in [2.24, 2.45) is 0 Å². The van der Waals surface area contributed by atoms with Gasteiger partial charge in [-0.1, -0.05) is 0 Å². The van der Waals surface area contributed by atoms with Crippen molar-refractivity contribution in [1.29, 1.82) is 0 Å². The zero-order valence-electron chi connectivity index (χ0n) is 12.4. The van der Waals surface area contributed by atoms with Crippen LogP contribution in [0.5, 0.6) is 11.5 Å². The van der Waals surface area contributed by atoms with E-state index in [0.29, 0.717) is 18.7 Å². The molecule has 0 aliphatic rings. The van der Waals surface area contributed by atoms with Gasteiger partial charge in [0.25, 0.3) is 5.91 Å². The highest BCUT2D eigenvalue weighted by atomic mass is 16.5. The SMILES string of the molecule is COc1ccc(OC)c(CCNC(=O)c2ccc(C)o2)c1. The van der Waals surface area contributed by atoms with Crippen molar-refractivity contribution in [3.8, 4) is 11.5 Å². The third-order valence-corrected chi connectivity index (χ3v) is 3.13. The summed E-state index contributed by atoms with van der Waals surface area (Å²) in [5.41, 5.74) is 0.979. The van der Waals surface area contributed by atoms with Crippen molar-refractivity contribution in [3.05, 3.63) is 47.4 Å². The molecule has 0 atom stereocenters. The van der Waals surface area contributed by atoms with Gasteiger partial charge in [0.2, 0.25) is 0 Å². The summed E-state index contributed by atoms with van der Waals surface area (Å²) in [6.07, 6.45) is 0.645. The molecule has 0 radical (unpaired) electrons. The summed E-state index contributed by atoms with van der Waals surface area (Å²) in [6.45, 7) is 2.29. The minimum atomic E-state index is -0.218. The van der Waals surface area contributed by atoms with Crippen LogP contribution in [0.15, 0.2) is 34.7 Å². The van der Waals surface area contributed by atoms with E-state index in [1.807, 2.05) is 18.2 Å². The summed E-state index contributed by atoms with van der Waals surface area (Å²) in [5, 5.41) is 2.82. The fourth-order valence-electron chi connectivity index (χ4n) is 2.03. The van der Waals surface area contributed by atoms with E-state index >= 15 is 0 Å². The van der Waals surface area contributed by atoms with E-state index in [1.54, 1.807) is 33.3 Å². The zero-order valence-corrected chi connectivity index (χ0v) is 12.4. The normalized spacial score (nSPS) is 10.2. The highest BCUT2D eigenvalue weighted by Gasteiger charge is 2.10. The predicted octanol–water partition coefficient (Wildman–Crippen LogP) is 2.58. The first kappa shape index (κ1) is 15.0. The van der Waals surface area contributed by atoms with Crippen LogP contribution in [0.1, 0.15) is 21.9 Å². The van der Waals surface area contributed by atoms with Gasteiger partial charge in [0.05, 0.1) is 14.2 Å². The summed E-state index contributed by atoms with van der Waals surface area (Å²) in [4.78, 5) is 11.9. The average molecular weight is 289 g/mol. The number of carbonyl (C=O) groups excluding carboxylic acids is 1. The summed E-state index contributed by atoms with van der Waals surface area (Å²) in [6, 6.07) is 9.03. The van der Waals surface area contributed by atoms with Crippen molar-refractivity contribution in [1.82, 2.24) is 5.32 Å². The number of methoxy groups -OCH3 is 2. The Hall–Kier alpha value is -2.43. The number of ether oxygens (including phenoxy) is 2. The Morgan fingerprint density at radius 2 is 2.00 bits per heavy atom. The van der Waals surface area contributed by atoms with Crippen molar-refractivity contribution in [3.63, 3.8) is 0 Å². The first-order chi connectivity index (χ1) is 10.1. The molecule has 2 aromatic rings. The van der Waals surface area contributed by atoms with E-state index in [0.717, 1.165) is 22.8 Å². The van der Waals surface area contributed by atoms with Gasteiger partial charge in [-0.2, -0.15) is 0 Å². The third kappa shape index (κ3) is 3.78. The monoisotopic (exact) mass is 289 g/mol. The molecule has 0 fully saturated rings. The molecule has 0 unspecified atom stereocenters. The number of amides is 1. The van der Waals surface area contributed by atoms with Crippen LogP contribution in [0, 0.1) is 6.92 Å². The summed E-state index contributed by atoms with van der Waals surface area (Å²) in [5.74, 6) is 2.36. The number of hydrogen-bond donors (Lipinski definition) is 1. The molecule has 2 rings (SSSR count). The van der Waals surface area contributed by atoms with Gasteiger partial charge in [-0.05, 0) is 49.2 Å². The molecule has 1 aromatic carbocycles. The molecular formula is C16H19NO4. The van der Waals surface area contributed by atoms with Crippen LogP contribution in [0.3, 0.4) is 0 Å². The van der Waals surface area contributed by atoms with Gasteiger partial charge in [0.15, 0.2) is 5.76 Å². The van der Waals surface area contributed by atoms with E-state index in [1.165, 1.54) is 0 Å². The number of rotatable bonds is 6. The van der Waals surface area contributed by atoms with Crippen molar-refractivity contribution < 1.29 is 18.7 Å². The number of furan rings is 1. The molecule has 5 nitrogen and oxygen atoms in total. The Bertz CT molecular complexity index is 618. The maximum absolute atomic E-state index is 11.9. The Morgan fingerprint density at radius 1 is 1.19 bits per heavy atom. The van der Waals surface area contributed by atoms with Crippen LogP contribution in [0.4, 0.5) is 0 Å². The highest BCUT2D eigenvalue weighted by molar-refractivity contribution is 5.91. The fourth-order valence-corrected chi connectivity index (χ4v) is 2.03. The Morgan fingerprint density at radius 3 is 2.62 bits per heavy atom. The molecule has 0 saturated carbocycles. The van der Waals surface area contributed by atoms with Crippen molar-refractivity contribution in [2.75, 3.05) is 20.8 Å². The lowest BCUT2D eigenvalue weighted by Crippen LogP contribution is -2.25. The van der Waals surface area contributed by atoms with Gasteiger partial charge in [-0.3, -0.25) is 4.79 Å². The van der Waals surface area contributed by atoms with Crippen LogP contribution in [-0.2, 0) is 6.42 Å². The number of aryl methyl sites for hydroxylation is 1. The van der Waals surface area contributed by atoms with Crippen molar-refractivity contribution >= 4 is 5.91 Å². The fraction of sp³-hybridized carbons (Fsp3) is 0.312. The van der Waals surface area contributed by atoms with Crippen LogP contribution in [0.25, 0.3) is 0 Å². The van der Waals surface area contributed by atoms with Gasteiger partial charge in [0, 0.05) is 6.54 Å². The van der Waals surface area contributed by atoms with Gasteiger partial charge in [-0.15, -0.1) is 0 Å². The van der Waals surface area contributed by atoms with E-state index in [2.05, 4.69) is 5.32 Å². The second-order valence-corrected chi connectivity index (χ2v) is 4.59. The molecule has 5 heteroatoms. The first-order valence-corrected chi connectivity index (χ1v) is 6.69. The minimum absolute atomic E-state index is 0.218. The number of nitrogens with one attached hydrogen (secondary N) is 1.